The minimum atomic E-state index is 0.559. The summed E-state index contributed by atoms with van der Waals surface area (Å²) in [5.74, 6) is 1.80. The summed E-state index contributed by atoms with van der Waals surface area (Å²) in [6.07, 6.45) is 5.76. The first-order chi connectivity index (χ1) is 12.2. The van der Waals surface area contributed by atoms with Gasteiger partial charge >= 0.3 is 0 Å². The number of halogens is 1. The van der Waals surface area contributed by atoms with E-state index in [1.807, 2.05) is 48.6 Å². The molecule has 2 aromatic carbocycles. The molecule has 0 spiro atoms. The van der Waals surface area contributed by atoms with E-state index >= 15 is 0 Å². The third kappa shape index (κ3) is 3.46. The molecule has 0 aliphatic heterocycles. The third-order valence-corrected chi connectivity index (χ3v) is 4.42. The average Bonchev–Trinajstić information content (AvgIpc) is 2.65. The highest BCUT2D eigenvalue weighted by molar-refractivity contribution is 9.10. The summed E-state index contributed by atoms with van der Waals surface area (Å²) in [6.45, 7) is 0. The van der Waals surface area contributed by atoms with Crippen LogP contribution in [-0.2, 0) is 0 Å². The molecule has 0 saturated heterocycles. The van der Waals surface area contributed by atoms with Crippen molar-refractivity contribution >= 4 is 38.9 Å². The summed E-state index contributed by atoms with van der Waals surface area (Å²) in [5.41, 5.74) is 1.89. The summed E-state index contributed by atoms with van der Waals surface area (Å²) in [4.78, 5) is 4.51. The molecule has 0 aliphatic carbocycles. The van der Waals surface area contributed by atoms with Crippen LogP contribution in [-0.4, -0.2) is 26.3 Å². The van der Waals surface area contributed by atoms with Gasteiger partial charge in [0.15, 0.2) is 11.5 Å². The van der Waals surface area contributed by atoms with Crippen LogP contribution in [0.1, 0.15) is 11.3 Å². The van der Waals surface area contributed by atoms with Crippen LogP contribution in [0, 0.1) is 0 Å². The zero-order chi connectivity index (χ0) is 17.8. The molecule has 5 heteroatoms. The van der Waals surface area contributed by atoms with Crippen LogP contribution in [0.4, 0.5) is 0 Å². The van der Waals surface area contributed by atoms with Crippen molar-refractivity contribution < 1.29 is 14.2 Å². The van der Waals surface area contributed by atoms with Crippen molar-refractivity contribution in [1.29, 1.82) is 0 Å². The van der Waals surface area contributed by atoms with Gasteiger partial charge < -0.3 is 14.2 Å². The molecular weight excluding hydrogens is 382 g/mol. The van der Waals surface area contributed by atoms with Gasteiger partial charge in [-0.15, -0.1) is 0 Å². The molecule has 0 N–H and O–H groups in total. The first-order valence-electron chi connectivity index (χ1n) is 7.69. The molecule has 0 aliphatic rings. The minimum absolute atomic E-state index is 0.559. The van der Waals surface area contributed by atoms with E-state index in [0.29, 0.717) is 17.2 Å². The number of fused-ring (bicyclic) bond motifs is 1. The monoisotopic (exact) mass is 399 g/mol. The van der Waals surface area contributed by atoms with E-state index in [2.05, 4.69) is 20.9 Å². The molecule has 0 bridgehead atoms. The number of pyridine rings is 1. The lowest BCUT2D eigenvalue weighted by Crippen LogP contribution is -1.97. The van der Waals surface area contributed by atoms with Crippen LogP contribution in [0.2, 0.25) is 0 Å². The highest BCUT2D eigenvalue weighted by Crippen LogP contribution is 2.44. The molecule has 0 fully saturated rings. The van der Waals surface area contributed by atoms with Crippen LogP contribution >= 0.6 is 15.9 Å². The lowest BCUT2D eigenvalue weighted by atomic mass is 10.1. The first-order valence-corrected chi connectivity index (χ1v) is 8.48. The number of benzene rings is 2. The topological polar surface area (TPSA) is 40.6 Å². The van der Waals surface area contributed by atoms with Gasteiger partial charge in [-0.05, 0) is 41.3 Å². The normalized spacial score (nSPS) is 11.0. The van der Waals surface area contributed by atoms with Gasteiger partial charge in [-0.2, -0.15) is 0 Å². The second-order valence-electron chi connectivity index (χ2n) is 5.32. The summed E-state index contributed by atoms with van der Waals surface area (Å²) < 4.78 is 17.6. The standard InChI is InChI=1S/C20H18BrNO3/c1-23-17-12-14-10-11-22-16(18(14)20(25-3)19(17)24-2)9-6-13-4-7-15(21)8-5-13/h4-12H,1-3H3. The van der Waals surface area contributed by atoms with Gasteiger partial charge in [-0.25, -0.2) is 0 Å². The van der Waals surface area contributed by atoms with Gasteiger partial charge in [-0.1, -0.05) is 34.1 Å². The number of hydrogen-bond acceptors (Lipinski definition) is 4. The maximum Gasteiger partial charge on any atom is 0.204 e. The summed E-state index contributed by atoms with van der Waals surface area (Å²) in [7, 11) is 4.82. The Kier molecular flexibility index (Phi) is 5.24. The molecular formula is C20H18BrNO3. The minimum Gasteiger partial charge on any atom is -0.493 e. The van der Waals surface area contributed by atoms with Crippen LogP contribution in [0.25, 0.3) is 22.9 Å². The van der Waals surface area contributed by atoms with Crippen molar-refractivity contribution in [2.45, 2.75) is 0 Å². The molecule has 25 heavy (non-hydrogen) atoms. The van der Waals surface area contributed by atoms with E-state index in [1.54, 1.807) is 27.5 Å². The van der Waals surface area contributed by atoms with Crippen LogP contribution in [0.3, 0.4) is 0 Å². The average molecular weight is 400 g/mol. The van der Waals surface area contributed by atoms with Crippen molar-refractivity contribution in [3.63, 3.8) is 0 Å². The van der Waals surface area contributed by atoms with Crippen LogP contribution in [0.15, 0.2) is 47.1 Å². The summed E-state index contributed by atoms with van der Waals surface area (Å²) in [6, 6.07) is 11.9. The number of methoxy groups -OCH3 is 3. The summed E-state index contributed by atoms with van der Waals surface area (Å²) >= 11 is 3.44. The number of ether oxygens (including phenoxy) is 3. The molecule has 1 aromatic heterocycles. The number of hydrogen-bond donors (Lipinski definition) is 0. The maximum atomic E-state index is 5.62. The Morgan fingerprint density at radius 1 is 0.880 bits per heavy atom. The molecule has 4 nitrogen and oxygen atoms in total. The van der Waals surface area contributed by atoms with E-state index < -0.39 is 0 Å². The van der Waals surface area contributed by atoms with Gasteiger partial charge in [0.1, 0.15) is 0 Å². The fourth-order valence-corrected chi connectivity index (χ4v) is 2.97. The number of rotatable bonds is 5. The molecule has 0 unspecified atom stereocenters. The van der Waals surface area contributed by atoms with Gasteiger partial charge in [0.25, 0.3) is 0 Å². The highest BCUT2D eigenvalue weighted by atomic mass is 79.9. The van der Waals surface area contributed by atoms with Gasteiger partial charge in [0.2, 0.25) is 5.75 Å². The molecule has 3 rings (SSSR count). The fourth-order valence-electron chi connectivity index (χ4n) is 2.71. The molecule has 0 saturated carbocycles. The maximum absolute atomic E-state index is 5.62. The van der Waals surface area contributed by atoms with E-state index in [1.165, 1.54) is 0 Å². The van der Waals surface area contributed by atoms with Gasteiger partial charge in [0.05, 0.1) is 32.4 Å². The number of aromatic nitrogens is 1. The Hall–Kier alpha value is -2.53. The van der Waals surface area contributed by atoms with Crippen molar-refractivity contribution in [2.75, 3.05) is 21.3 Å². The molecule has 0 atom stereocenters. The molecule has 0 amide bonds. The van der Waals surface area contributed by atoms with Crippen LogP contribution < -0.4 is 14.2 Å². The highest BCUT2D eigenvalue weighted by Gasteiger charge is 2.18. The lowest BCUT2D eigenvalue weighted by molar-refractivity contribution is 0.327. The Morgan fingerprint density at radius 3 is 2.24 bits per heavy atom. The first kappa shape index (κ1) is 17.3. The van der Waals surface area contributed by atoms with Crippen molar-refractivity contribution in [1.82, 2.24) is 4.98 Å². The summed E-state index contributed by atoms with van der Waals surface area (Å²) in [5, 5.41) is 1.86. The van der Waals surface area contributed by atoms with Gasteiger partial charge in [0, 0.05) is 10.7 Å². The van der Waals surface area contributed by atoms with Crippen LogP contribution in [0.5, 0.6) is 17.2 Å². The molecule has 0 radical (unpaired) electrons. The second-order valence-corrected chi connectivity index (χ2v) is 6.24. The Bertz CT molecular complexity index is 920. The fraction of sp³-hybridized carbons (Fsp3) is 0.150. The Balaban J connectivity index is 2.16. The van der Waals surface area contributed by atoms with E-state index in [4.69, 9.17) is 14.2 Å². The predicted octanol–water partition coefficient (Wildman–Crippen LogP) is 5.19. The predicted molar refractivity (Wildman–Crippen MR) is 104 cm³/mol. The zero-order valence-corrected chi connectivity index (χ0v) is 15.8. The third-order valence-electron chi connectivity index (χ3n) is 3.89. The lowest BCUT2D eigenvalue weighted by Gasteiger charge is -2.15. The van der Waals surface area contributed by atoms with Crippen molar-refractivity contribution in [3.05, 3.63) is 58.3 Å². The molecule has 3 aromatic rings. The Morgan fingerprint density at radius 2 is 1.60 bits per heavy atom. The SMILES string of the molecule is COc1cc2ccnc(C=Cc3ccc(Br)cc3)c2c(OC)c1OC. The molecule has 1 heterocycles. The molecule has 128 valence electrons. The quantitative estimate of drug-likeness (QED) is 0.591. The second kappa shape index (κ2) is 7.57. The van der Waals surface area contributed by atoms with E-state index in [-0.39, 0.29) is 0 Å². The Labute approximate surface area is 155 Å². The van der Waals surface area contributed by atoms with Gasteiger partial charge in [-0.3, -0.25) is 4.98 Å². The zero-order valence-electron chi connectivity index (χ0n) is 14.2. The smallest absolute Gasteiger partial charge is 0.204 e. The van der Waals surface area contributed by atoms with Crippen molar-refractivity contribution in [3.8, 4) is 17.2 Å². The van der Waals surface area contributed by atoms with E-state index in [9.17, 15) is 0 Å². The number of nitrogens with zero attached hydrogens (tertiary/aromatic N) is 1. The van der Waals surface area contributed by atoms with E-state index in [0.717, 1.165) is 26.5 Å². The largest absolute Gasteiger partial charge is 0.493 e. The van der Waals surface area contributed by atoms with Crippen molar-refractivity contribution in [2.24, 2.45) is 0 Å².